The second-order valence-electron chi connectivity index (χ2n) is 10.7. The molecule has 0 saturated carbocycles. The van der Waals surface area contributed by atoms with E-state index in [1.807, 2.05) is 60.7 Å². The molecule has 9 aromatic rings. The van der Waals surface area contributed by atoms with Gasteiger partial charge in [0.1, 0.15) is 11.2 Å². The molecule has 0 bridgehead atoms. The monoisotopic (exact) mass is 553 g/mol. The number of hydrogen-bond donors (Lipinski definition) is 0. The second kappa shape index (κ2) is 9.44. The van der Waals surface area contributed by atoms with Gasteiger partial charge < -0.3 is 4.42 Å². The molecule has 0 aliphatic rings. The van der Waals surface area contributed by atoms with Gasteiger partial charge in [0.2, 0.25) is 0 Å². The van der Waals surface area contributed by atoms with Gasteiger partial charge in [0.15, 0.2) is 0 Å². The van der Waals surface area contributed by atoms with Crippen LogP contribution in [0.25, 0.3) is 87.6 Å². The predicted molar refractivity (Wildman–Crippen MR) is 183 cm³/mol. The van der Waals surface area contributed by atoms with Gasteiger partial charge in [-0.05, 0) is 72.7 Å². The fourth-order valence-electron chi connectivity index (χ4n) is 6.44. The molecule has 1 heteroatoms. The molecule has 0 N–H and O–H groups in total. The first-order valence-corrected chi connectivity index (χ1v) is 14.2. The first kappa shape index (κ1) is 18.0. The highest BCUT2D eigenvalue weighted by Crippen LogP contribution is 2.46. The van der Waals surface area contributed by atoms with Crippen molar-refractivity contribution in [3.8, 4) is 33.4 Å². The number of furan rings is 1. The smallest absolute Gasteiger partial charge is 0.143 e. The maximum absolute atomic E-state index is 9.23. The van der Waals surface area contributed by atoms with Crippen LogP contribution in [-0.4, -0.2) is 0 Å². The van der Waals surface area contributed by atoms with Gasteiger partial charge in [-0.1, -0.05) is 139 Å². The molecule has 8 aromatic carbocycles. The minimum absolute atomic E-state index is 0.0430. The molecular weight excluding hydrogens is 520 g/mol. The summed E-state index contributed by atoms with van der Waals surface area (Å²) >= 11 is 0. The minimum atomic E-state index is -0.446. The Morgan fingerprint density at radius 2 is 1.05 bits per heavy atom. The molecular formula is C42H26O. The maximum atomic E-state index is 9.23. The fraction of sp³-hybridized carbons (Fsp3) is 0. The maximum Gasteiger partial charge on any atom is 0.143 e. The summed E-state index contributed by atoms with van der Waals surface area (Å²) in [6.45, 7) is 0. The summed E-state index contributed by atoms with van der Waals surface area (Å²) in [6, 6.07) is 36.7. The number of rotatable bonds is 3. The van der Waals surface area contributed by atoms with E-state index in [1.165, 1.54) is 10.8 Å². The van der Waals surface area contributed by atoms with Crippen LogP contribution in [0, 0.1) is 0 Å². The van der Waals surface area contributed by atoms with E-state index in [-0.39, 0.29) is 57.7 Å². The third-order valence-electron chi connectivity index (χ3n) is 8.35. The van der Waals surface area contributed by atoms with Crippen molar-refractivity contribution in [2.45, 2.75) is 0 Å². The third kappa shape index (κ3) is 3.72. The molecule has 0 saturated heterocycles. The van der Waals surface area contributed by atoms with Crippen LogP contribution < -0.4 is 0 Å². The van der Waals surface area contributed by atoms with E-state index in [1.54, 1.807) is 0 Å². The quantitative estimate of drug-likeness (QED) is 0.198. The Labute approximate surface area is 259 Å². The Bertz CT molecular complexity index is 2850. The number of benzene rings is 8. The minimum Gasteiger partial charge on any atom is -0.455 e. The van der Waals surface area contributed by atoms with Crippen molar-refractivity contribution in [3.63, 3.8) is 0 Å². The molecule has 0 amide bonds. The van der Waals surface area contributed by atoms with E-state index in [0.29, 0.717) is 5.56 Å². The first-order chi connectivity index (χ1) is 24.2. The highest BCUT2D eigenvalue weighted by atomic mass is 16.3. The Balaban J connectivity index is 1.38. The topological polar surface area (TPSA) is 13.1 Å². The highest BCUT2D eigenvalue weighted by molar-refractivity contribution is 6.24. The molecule has 0 aliphatic carbocycles. The van der Waals surface area contributed by atoms with Gasteiger partial charge in [-0.3, -0.25) is 0 Å². The zero-order valence-corrected chi connectivity index (χ0v) is 22.9. The van der Waals surface area contributed by atoms with E-state index in [2.05, 4.69) is 54.6 Å². The van der Waals surface area contributed by atoms with Crippen molar-refractivity contribution in [1.82, 2.24) is 0 Å². The highest BCUT2D eigenvalue weighted by Gasteiger charge is 2.20. The molecule has 0 spiro atoms. The van der Waals surface area contributed by atoms with Crippen LogP contribution in [0.4, 0.5) is 0 Å². The molecule has 1 nitrogen and oxygen atoms in total. The van der Waals surface area contributed by atoms with Crippen molar-refractivity contribution in [1.29, 1.82) is 0 Å². The summed E-state index contributed by atoms with van der Waals surface area (Å²) in [6.07, 6.45) is 0. The van der Waals surface area contributed by atoms with Crippen molar-refractivity contribution < 1.29 is 14.0 Å². The molecule has 1 heterocycles. The lowest BCUT2D eigenvalue weighted by molar-refractivity contribution is 0.670. The lowest BCUT2D eigenvalue weighted by atomic mass is 9.85. The molecule has 9 rings (SSSR count). The summed E-state index contributed by atoms with van der Waals surface area (Å²) in [5, 5.41) is 5.95. The van der Waals surface area contributed by atoms with E-state index in [4.69, 9.17) is 12.6 Å². The largest absolute Gasteiger partial charge is 0.455 e. The van der Waals surface area contributed by atoms with Crippen LogP contribution in [0.5, 0.6) is 0 Å². The predicted octanol–water partition coefficient (Wildman–Crippen LogP) is 12.0. The number of para-hydroxylation sites is 2. The van der Waals surface area contributed by atoms with Crippen LogP contribution in [-0.2, 0) is 0 Å². The summed E-state index contributed by atoms with van der Waals surface area (Å²) in [4.78, 5) is 0. The van der Waals surface area contributed by atoms with Gasteiger partial charge in [-0.15, -0.1) is 0 Å². The number of hydrogen-bond acceptors (Lipinski definition) is 1. The van der Waals surface area contributed by atoms with Crippen molar-refractivity contribution >= 4 is 54.3 Å². The van der Waals surface area contributed by atoms with E-state index in [9.17, 15) is 1.37 Å². The average molecular weight is 554 g/mol. The van der Waals surface area contributed by atoms with Gasteiger partial charge in [-0.2, -0.15) is 0 Å². The van der Waals surface area contributed by atoms with Gasteiger partial charge in [-0.25, -0.2) is 0 Å². The Morgan fingerprint density at radius 3 is 1.84 bits per heavy atom. The summed E-state index contributed by atoms with van der Waals surface area (Å²) < 4.78 is 67.1. The van der Waals surface area contributed by atoms with Gasteiger partial charge >= 0.3 is 0 Å². The lowest BCUT2D eigenvalue weighted by Crippen LogP contribution is -1.91. The van der Waals surface area contributed by atoms with E-state index < -0.39 is 12.1 Å². The normalized spacial score (nSPS) is 14.0. The van der Waals surface area contributed by atoms with E-state index >= 15 is 0 Å². The third-order valence-corrected chi connectivity index (χ3v) is 8.35. The van der Waals surface area contributed by atoms with Crippen LogP contribution in [0.15, 0.2) is 162 Å². The van der Waals surface area contributed by atoms with Crippen molar-refractivity contribution in [2.24, 2.45) is 0 Å². The van der Waals surface area contributed by atoms with E-state index in [0.717, 1.165) is 43.8 Å². The fourth-order valence-corrected chi connectivity index (χ4v) is 6.44. The molecule has 0 unspecified atom stereocenters. The molecule has 0 aliphatic heterocycles. The van der Waals surface area contributed by atoms with Crippen molar-refractivity contribution in [3.05, 3.63) is 158 Å². The lowest BCUT2D eigenvalue weighted by Gasteiger charge is -2.18. The van der Waals surface area contributed by atoms with Gasteiger partial charge in [0, 0.05) is 21.9 Å². The molecule has 0 radical (unpaired) electrons. The molecule has 0 fully saturated rings. The number of fused-ring (bicyclic) bond motifs is 6. The van der Waals surface area contributed by atoms with Crippen LogP contribution in [0.3, 0.4) is 0 Å². The SMILES string of the molecule is [2H]c1c([2H])c([2H])c2c(oc3c(-c4c5ccccc5c(-c5cccc(-c6ccc7ccccc7c6)c5)c5ccccc45)c([2H])c([2H])c([2H])c32)c1[2H]. The summed E-state index contributed by atoms with van der Waals surface area (Å²) in [5.41, 5.74) is 5.13. The average Bonchev–Trinajstić information content (AvgIpc) is 3.55. The summed E-state index contributed by atoms with van der Waals surface area (Å²) in [7, 11) is 0. The second-order valence-corrected chi connectivity index (χ2v) is 10.7. The van der Waals surface area contributed by atoms with Crippen molar-refractivity contribution in [2.75, 3.05) is 0 Å². The Hall–Kier alpha value is -5.66. The first-order valence-electron chi connectivity index (χ1n) is 17.7. The van der Waals surface area contributed by atoms with Gasteiger partial charge in [0.05, 0.1) is 9.60 Å². The standard InChI is InChI=1S/C42H26O/c1-2-12-28-25-30(24-23-27(28)11-1)29-13-9-14-31(26-29)40-33-16-3-5-18-35(33)41(36-19-6-4-17-34(36)40)38-21-10-20-37-32-15-7-8-22-39(32)43-42(37)38/h1-26H/i7D,8D,10D,15D,20D,21D,22D. The van der Waals surface area contributed by atoms with Gasteiger partial charge in [0.25, 0.3) is 0 Å². The zero-order valence-electron chi connectivity index (χ0n) is 29.9. The van der Waals surface area contributed by atoms with Crippen LogP contribution in [0.2, 0.25) is 0 Å². The zero-order chi connectivity index (χ0) is 34.4. The molecule has 200 valence electrons. The van der Waals surface area contributed by atoms with Crippen LogP contribution in [0.1, 0.15) is 9.60 Å². The summed E-state index contributed by atoms with van der Waals surface area (Å²) in [5.74, 6) is 0. The Kier molecular flexibility index (Phi) is 3.95. The Morgan fingerprint density at radius 1 is 0.419 bits per heavy atom. The molecule has 43 heavy (non-hydrogen) atoms. The van der Waals surface area contributed by atoms with Crippen LogP contribution >= 0.6 is 0 Å². The molecule has 1 aromatic heterocycles. The molecule has 0 atom stereocenters.